The molecule has 3 N–H and O–H groups in total. The van der Waals surface area contributed by atoms with Gasteiger partial charge in [-0.2, -0.15) is 0 Å². The number of hydrogen-bond acceptors (Lipinski definition) is 5. The number of rotatable bonds is 4. The number of benzene rings is 2. The molecule has 2 aromatic heterocycles. The second-order valence-corrected chi connectivity index (χ2v) is 7.11. The zero-order valence-electron chi connectivity index (χ0n) is 16.6. The van der Waals surface area contributed by atoms with Crippen molar-refractivity contribution in [2.45, 2.75) is 0 Å². The molecule has 152 valence electrons. The highest BCUT2D eigenvalue weighted by Crippen LogP contribution is 2.30. The molecule has 31 heavy (non-hydrogen) atoms. The topological polar surface area (TPSA) is 94.1 Å². The Balaban J connectivity index is 1.56. The molecule has 0 spiro atoms. The van der Waals surface area contributed by atoms with Gasteiger partial charge in [-0.05, 0) is 53.8 Å². The zero-order valence-corrected chi connectivity index (χ0v) is 16.6. The highest BCUT2D eigenvalue weighted by atomic mass is 16.5. The van der Waals surface area contributed by atoms with E-state index in [0.29, 0.717) is 17.0 Å². The summed E-state index contributed by atoms with van der Waals surface area (Å²) in [6.45, 7) is 0. The van der Waals surface area contributed by atoms with Crippen LogP contribution in [0.1, 0.15) is 11.3 Å². The van der Waals surface area contributed by atoms with E-state index in [4.69, 9.17) is 4.74 Å². The Bertz CT molecular complexity index is 1500. The molecular formula is C24H19N4O3+. The third-order valence-corrected chi connectivity index (χ3v) is 5.18. The maximum atomic E-state index is 10.4. The van der Waals surface area contributed by atoms with Crippen LogP contribution in [0.2, 0.25) is 0 Å². The molecule has 0 unspecified atom stereocenters. The van der Waals surface area contributed by atoms with Gasteiger partial charge in [0.15, 0.2) is 5.88 Å². The first-order valence-electron chi connectivity index (χ1n) is 9.67. The summed E-state index contributed by atoms with van der Waals surface area (Å²) in [6.07, 6.45) is 7.06. The molecule has 0 atom stereocenters. The van der Waals surface area contributed by atoms with Crippen LogP contribution in [-0.2, 0) is 0 Å². The van der Waals surface area contributed by atoms with E-state index in [2.05, 4.69) is 15.2 Å². The van der Waals surface area contributed by atoms with Crippen molar-refractivity contribution >= 4 is 34.4 Å². The molecule has 3 heterocycles. The van der Waals surface area contributed by atoms with Crippen molar-refractivity contribution < 1.29 is 19.8 Å². The molecule has 0 radical (unpaired) electrons. The van der Waals surface area contributed by atoms with Gasteiger partial charge in [0.1, 0.15) is 5.75 Å². The molecule has 0 amide bonds. The maximum absolute atomic E-state index is 10.4. The summed E-state index contributed by atoms with van der Waals surface area (Å²) in [7, 11) is 1.61. The van der Waals surface area contributed by atoms with E-state index in [1.165, 1.54) is 0 Å². The van der Waals surface area contributed by atoms with Gasteiger partial charge in [-0.3, -0.25) is 5.21 Å². The number of hydrogen-bond donors (Lipinski definition) is 3. The van der Waals surface area contributed by atoms with E-state index < -0.39 is 0 Å². The summed E-state index contributed by atoms with van der Waals surface area (Å²) >= 11 is 0. The lowest BCUT2D eigenvalue weighted by Gasteiger charge is -1.99. The van der Waals surface area contributed by atoms with Gasteiger partial charge in [0.25, 0.3) is 5.69 Å². The van der Waals surface area contributed by atoms with Crippen LogP contribution < -0.4 is 19.9 Å². The van der Waals surface area contributed by atoms with Gasteiger partial charge in [-0.15, -0.1) is 10.2 Å². The van der Waals surface area contributed by atoms with E-state index in [1.807, 2.05) is 54.6 Å². The Morgan fingerprint density at radius 2 is 1.94 bits per heavy atom. The second kappa shape index (κ2) is 7.46. The Hall–Kier alpha value is -4.39. The average molecular weight is 411 g/mol. The number of nitrogens with one attached hydrogen (secondary N) is 1. The monoisotopic (exact) mass is 411 g/mol. The highest BCUT2D eigenvalue weighted by molar-refractivity contribution is 5.92. The van der Waals surface area contributed by atoms with Gasteiger partial charge < -0.3 is 14.8 Å². The van der Waals surface area contributed by atoms with Crippen LogP contribution in [0.25, 0.3) is 28.8 Å². The van der Waals surface area contributed by atoms with E-state index in [9.17, 15) is 10.3 Å². The molecule has 0 fully saturated rings. The lowest BCUT2D eigenvalue weighted by atomic mass is 10.1. The van der Waals surface area contributed by atoms with Crippen LogP contribution >= 0.6 is 0 Å². The average Bonchev–Trinajstić information content (AvgIpc) is 3.33. The van der Waals surface area contributed by atoms with Crippen molar-refractivity contribution in [3.8, 4) is 11.6 Å². The number of ether oxygens (including phenoxy) is 1. The van der Waals surface area contributed by atoms with Gasteiger partial charge >= 0.3 is 0 Å². The van der Waals surface area contributed by atoms with Gasteiger partial charge in [-0.1, -0.05) is 6.07 Å². The molecule has 1 aliphatic rings. The molecule has 0 saturated carbocycles. The number of azo groups is 1. The normalized spacial score (nSPS) is 13.5. The van der Waals surface area contributed by atoms with E-state index >= 15 is 0 Å². The number of pyridine rings is 1. The van der Waals surface area contributed by atoms with Gasteiger partial charge in [0, 0.05) is 44.6 Å². The first-order valence-corrected chi connectivity index (χ1v) is 9.67. The number of aromatic nitrogens is 2. The van der Waals surface area contributed by atoms with Crippen LogP contribution in [0.4, 0.5) is 5.69 Å². The number of H-pyrrole nitrogens is 1. The number of aromatic hydroxyl groups is 1. The summed E-state index contributed by atoms with van der Waals surface area (Å²) in [6, 6.07) is 16.8. The second-order valence-electron chi connectivity index (χ2n) is 7.11. The van der Waals surface area contributed by atoms with Crippen LogP contribution in [-0.4, -0.2) is 22.4 Å². The third-order valence-electron chi connectivity index (χ3n) is 5.18. The molecule has 7 nitrogen and oxygen atoms in total. The smallest absolute Gasteiger partial charge is 0.257 e. The fourth-order valence-electron chi connectivity index (χ4n) is 3.58. The fourth-order valence-corrected chi connectivity index (χ4v) is 3.58. The minimum atomic E-state index is 0.0979. The summed E-state index contributed by atoms with van der Waals surface area (Å²) < 4.78 is 6.35. The van der Waals surface area contributed by atoms with Gasteiger partial charge in [-0.25, -0.2) is 0 Å². The first-order chi connectivity index (χ1) is 15.1. The summed E-state index contributed by atoms with van der Waals surface area (Å²) in [4.78, 5) is 2.99. The van der Waals surface area contributed by atoms with Gasteiger partial charge in [0.2, 0.25) is 6.20 Å². The number of methoxy groups -OCH3 is 1. The van der Waals surface area contributed by atoms with Crippen molar-refractivity contribution in [2.24, 2.45) is 10.2 Å². The lowest BCUT2D eigenvalue weighted by molar-refractivity contribution is -0.905. The fraction of sp³-hybridized carbons (Fsp3) is 0.0417. The largest absolute Gasteiger partial charge is 0.497 e. The molecule has 4 aromatic rings. The molecular weight excluding hydrogens is 392 g/mol. The molecule has 7 heteroatoms. The maximum Gasteiger partial charge on any atom is 0.257 e. The minimum Gasteiger partial charge on any atom is -0.497 e. The molecule has 5 rings (SSSR count). The first kappa shape index (κ1) is 18.6. The predicted molar refractivity (Wildman–Crippen MR) is 117 cm³/mol. The van der Waals surface area contributed by atoms with Crippen molar-refractivity contribution in [1.29, 1.82) is 0 Å². The summed E-state index contributed by atoms with van der Waals surface area (Å²) in [5.74, 6) is 0.818. The van der Waals surface area contributed by atoms with Gasteiger partial charge in [0.05, 0.1) is 18.5 Å². The van der Waals surface area contributed by atoms with Crippen LogP contribution in [0.3, 0.4) is 0 Å². The Morgan fingerprint density at radius 1 is 1.03 bits per heavy atom. The van der Waals surface area contributed by atoms with Crippen LogP contribution in [0.15, 0.2) is 77.1 Å². The van der Waals surface area contributed by atoms with E-state index in [-0.39, 0.29) is 5.88 Å². The van der Waals surface area contributed by atoms with Crippen molar-refractivity contribution in [1.82, 2.24) is 4.98 Å². The highest BCUT2D eigenvalue weighted by Gasteiger charge is 2.11. The summed E-state index contributed by atoms with van der Waals surface area (Å²) in [5, 5.41) is 31.4. The van der Waals surface area contributed by atoms with Crippen molar-refractivity contribution in [2.75, 3.05) is 7.11 Å². The van der Waals surface area contributed by atoms with Crippen LogP contribution in [0.5, 0.6) is 11.6 Å². The number of fused-ring (bicyclic) bond motifs is 2. The quantitative estimate of drug-likeness (QED) is 0.356. The lowest BCUT2D eigenvalue weighted by Crippen LogP contribution is -2.32. The number of aromatic amines is 1. The Labute approximate surface area is 177 Å². The van der Waals surface area contributed by atoms with Crippen molar-refractivity contribution in [3.05, 3.63) is 88.6 Å². The molecule has 0 aliphatic carbocycles. The molecule has 0 saturated heterocycles. The number of nitrogens with zero attached hydrogens (tertiary/aromatic N) is 3. The zero-order chi connectivity index (χ0) is 21.4. The minimum absolute atomic E-state index is 0.0979. The molecule has 1 aliphatic heterocycles. The molecule has 2 aromatic carbocycles. The summed E-state index contributed by atoms with van der Waals surface area (Å²) in [5.41, 5.74) is 3.60. The Kier molecular flexibility index (Phi) is 4.48. The SMILES string of the molecule is COc1ccc2[nH]c(O)c(C=c3ccc4c(c3)N=NC=4/C=C/c3cccc[n+]3O)c2c1. The van der Waals surface area contributed by atoms with Crippen molar-refractivity contribution in [3.63, 3.8) is 0 Å². The third kappa shape index (κ3) is 3.42. The van der Waals surface area contributed by atoms with E-state index in [1.54, 1.807) is 31.5 Å². The molecule has 0 bridgehead atoms. The standard InChI is InChI=1S/C24H18N4O3/c1-31-17-7-10-21-19(14-17)20(24(29)25-21)12-15-5-8-18-22(26-27-23(18)13-15)9-6-16-4-2-3-11-28(16)30/h2-14,30H,1H3,(H,25,29)/p+1. The van der Waals surface area contributed by atoms with E-state index in [0.717, 1.165) is 37.5 Å². The van der Waals surface area contributed by atoms with Crippen LogP contribution in [0, 0.1) is 0 Å². The predicted octanol–water partition coefficient (Wildman–Crippen LogP) is 3.15. The Morgan fingerprint density at radius 3 is 2.77 bits per heavy atom.